The van der Waals surface area contributed by atoms with Gasteiger partial charge in [0.25, 0.3) is 5.91 Å². The molecule has 1 unspecified atom stereocenters. The topological polar surface area (TPSA) is 92.7 Å². The second-order valence-corrected chi connectivity index (χ2v) is 5.54. The van der Waals surface area contributed by atoms with E-state index in [1.165, 1.54) is 18.3 Å². The molecule has 1 aliphatic rings. The summed E-state index contributed by atoms with van der Waals surface area (Å²) < 4.78 is 39.9. The van der Waals surface area contributed by atoms with Gasteiger partial charge in [-0.1, -0.05) is 0 Å². The maximum atomic E-state index is 12.8. The van der Waals surface area contributed by atoms with Gasteiger partial charge in [0, 0.05) is 25.2 Å². The van der Waals surface area contributed by atoms with Crippen LogP contribution in [0.1, 0.15) is 28.4 Å². The van der Waals surface area contributed by atoms with Crippen molar-refractivity contribution in [3.63, 3.8) is 0 Å². The van der Waals surface area contributed by atoms with Gasteiger partial charge in [0.05, 0.1) is 18.0 Å². The molecule has 0 spiro atoms. The van der Waals surface area contributed by atoms with E-state index in [2.05, 4.69) is 20.5 Å². The average molecular weight is 341 g/mol. The number of pyridine rings is 1. The third-order valence-corrected chi connectivity index (χ3v) is 3.95. The number of aromatic amines is 1. The second-order valence-electron chi connectivity index (χ2n) is 5.54. The molecule has 0 radical (unpaired) electrons. The van der Waals surface area contributed by atoms with Crippen LogP contribution in [0.5, 0.6) is 0 Å². The van der Waals surface area contributed by atoms with Crippen LogP contribution in [0.25, 0.3) is 0 Å². The molecule has 0 aromatic carbocycles. The van der Waals surface area contributed by atoms with Crippen molar-refractivity contribution < 1.29 is 18.0 Å². The number of alkyl halides is 3. The summed E-state index contributed by atoms with van der Waals surface area (Å²) in [5.41, 5.74) is -0.0533. The first-order valence-corrected chi connectivity index (χ1v) is 7.29. The van der Waals surface area contributed by atoms with Crippen molar-refractivity contribution in [3.05, 3.63) is 45.9 Å². The van der Waals surface area contributed by atoms with Gasteiger partial charge < -0.3 is 14.9 Å². The maximum Gasteiger partial charge on any atom is 0.392 e. The van der Waals surface area contributed by atoms with Crippen LogP contribution in [-0.4, -0.2) is 31.8 Å². The minimum Gasteiger partial charge on any atom is -0.345 e. The van der Waals surface area contributed by atoms with E-state index in [4.69, 9.17) is 0 Å². The molecule has 0 bridgehead atoms. The Morgan fingerprint density at radius 2 is 2.17 bits per heavy atom. The number of rotatable bonds is 3. The SMILES string of the molecule is O=C(NCc1nnc2n1CCC(C(F)(F)F)C2)c1ccc(=O)[nH]c1. The van der Waals surface area contributed by atoms with Crippen LogP contribution in [0.3, 0.4) is 0 Å². The van der Waals surface area contributed by atoms with Crippen LogP contribution >= 0.6 is 0 Å². The number of aromatic nitrogens is 4. The summed E-state index contributed by atoms with van der Waals surface area (Å²) in [4.78, 5) is 25.3. The van der Waals surface area contributed by atoms with Gasteiger partial charge in [-0.3, -0.25) is 9.59 Å². The number of hydrogen-bond acceptors (Lipinski definition) is 4. The van der Waals surface area contributed by atoms with Crippen molar-refractivity contribution in [1.82, 2.24) is 25.1 Å². The molecular formula is C14H14F3N5O2. The molecule has 0 saturated heterocycles. The number of H-pyrrole nitrogens is 1. The summed E-state index contributed by atoms with van der Waals surface area (Å²) in [6, 6.07) is 2.60. The fourth-order valence-electron chi connectivity index (χ4n) is 2.61. The minimum atomic E-state index is -4.24. The molecule has 2 N–H and O–H groups in total. The first-order chi connectivity index (χ1) is 11.3. The number of hydrogen-bond donors (Lipinski definition) is 2. The average Bonchev–Trinajstić information content (AvgIpc) is 2.95. The van der Waals surface area contributed by atoms with Crippen LogP contribution < -0.4 is 10.9 Å². The van der Waals surface area contributed by atoms with E-state index in [0.717, 1.165) is 0 Å². The Bertz CT molecular complexity index is 791. The van der Waals surface area contributed by atoms with Crippen molar-refractivity contribution >= 4 is 5.91 Å². The number of carbonyl (C=O) groups is 1. The lowest BCUT2D eigenvalue weighted by Crippen LogP contribution is -2.32. The van der Waals surface area contributed by atoms with E-state index in [9.17, 15) is 22.8 Å². The molecule has 2 aromatic rings. The molecule has 128 valence electrons. The third-order valence-electron chi connectivity index (χ3n) is 3.95. The predicted molar refractivity (Wildman–Crippen MR) is 76.1 cm³/mol. The molecule has 1 aliphatic heterocycles. The van der Waals surface area contributed by atoms with Crippen molar-refractivity contribution in [3.8, 4) is 0 Å². The second kappa shape index (κ2) is 6.10. The van der Waals surface area contributed by atoms with Gasteiger partial charge >= 0.3 is 6.18 Å². The number of nitrogens with one attached hydrogen (secondary N) is 2. The zero-order chi connectivity index (χ0) is 17.3. The Balaban J connectivity index is 1.66. The zero-order valence-corrected chi connectivity index (χ0v) is 12.4. The molecular weight excluding hydrogens is 327 g/mol. The molecule has 1 amide bonds. The number of nitrogens with zero attached hydrogens (tertiary/aromatic N) is 3. The fourth-order valence-corrected chi connectivity index (χ4v) is 2.61. The molecule has 7 nitrogen and oxygen atoms in total. The van der Waals surface area contributed by atoms with Gasteiger partial charge in [0.1, 0.15) is 5.82 Å². The minimum absolute atomic E-state index is 0.0323. The van der Waals surface area contributed by atoms with Crippen LogP contribution in [0, 0.1) is 5.92 Å². The molecule has 2 aromatic heterocycles. The molecule has 0 fully saturated rings. The molecule has 0 saturated carbocycles. The van der Waals surface area contributed by atoms with E-state index in [-0.39, 0.29) is 42.9 Å². The quantitative estimate of drug-likeness (QED) is 0.872. The largest absolute Gasteiger partial charge is 0.392 e. The number of halogens is 3. The fraction of sp³-hybridized carbons (Fsp3) is 0.429. The van der Waals surface area contributed by atoms with E-state index in [1.807, 2.05) is 0 Å². The highest BCUT2D eigenvalue weighted by atomic mass is 19.4. The predicted octanol–water partition coefficient (Wildman–Crippen LogP) is 1.02. The van der Waals surface area contributed by atoms with E-state index in [1.54, 1.807) is 4.57 Å². The third kappa shape index (κ3) is 3.31. The van der Waals surface area contributed by atoms with Crippen LogP contribution in [0.4, 0.5) is 13.2 Å². The summed E-state index contributed by atoms with van der Waals surface area (Å²) in [7, 11) is 0. The van der Waals surface area contributed by atoms with E-state index < -0.39 is 18.0 Å². The number of carbonyl (C=O) groups excluding carboxylic acids is 1. The van der Waals surface area contributed by atoms with E-state index >= 15 is 0 Å². The Kier molecular flexibility index (Phi) is 4.12. The zero-order valence-electron chi connectivity index (χ0n) is 12.4. The highest BCUT2D eigenvalue weighted by molar-refractivity contribution is 5.93. The molecule has 1 atom stereocenters. The lowest BCUT2D eigenvalue weighted by molar-refractivity contribution is -0.179. The first-order valence-electron chi connectivity index (χ1n) is 7.29. The van der Waals surface area contributed by atoms with Crippen molar-refractivity contribution in [1.29, 1.82) is 0 Å². The van der Waals surface area contributed by atoms with Crippen LogP contribution in [0.2, 0.25) is 0 Å². The monoisotopic (exact) mass is 341 g/mol. The molecule has 24 heavy (non-hydrogen) atoms. The van der Waals surface area contributed by atoms with Crippen molar-refractivity contribution in [2.75, 3.05) is 0 Å². The standard InChI is InChI=1S/C14H14F3N5O2/c15-14(16,17)9-3-4-22-10(5-9)20-21-11(22)7-19-13(24)8-1-2-12(23)18-6-8/h1-2,6,9H,3-5,7H2,(H,18,23)(H,19,24). The van der Waals surface area contributed by atoms with Crippen LogP contribution in [0.15, 0.2) is 23.1 Å². The Morgan fingerprint density at radius 1 is 1.38 bits per heavy atom. The lowest BCUT2D eigenvalue weighted by atomic mass is 9.97. The number of amides is 1. The van der Waals surface area contributed by atoms with E-state index in [0.29, 0.717) is 5.82 Å². The first kappa shape index (κ1) is 16.2. The molecule has 3 rings (SSSR count). The van der Waals surface area contributed by atoms with Gasteiger partial charge in [0.2, 0.25) is 5.56 Å². The van der Waals surface area contributed by atoms with Crippen molar-refractivity contribution in [2.45, 2.75) is 32.1 Å². The molecule has 0 aliphatic carbocycles. The Morgan fingerprint density at radius 3 is 2.83 bits per heavy atom. The summed E-state index contributed by atoms with van der Waals surface area (Å²) in [5, 5.41) is 10.3. The maximum absolute atomic E-state index is 12.8. The van der Waals surface area contributed by atoms with Gasteiger partial charge in [-0.05, 0) is 12.5 Å². The van der Waals surface area contributed by atoms with Crippen molar-refractivity contribution in [2.24, 2.45) is 5.92 Å². The number of fused-ring (bicyclic) bond motifs is 1. The Labute approximate surface area is 133 Å². The molecule has 10 heteroatoms. The smallest absolute Gasteiger partial charge is 0.345 e. The van der Waals surface area contributed by atoms with Gasteiger partial charge in [-0.25, -0.2) is 0 Å². The summed E-state index contributed by atoms with van der Waals surface area (Å²) >= 11 is 0. The van der Waals surface area contributed by atoms with Gasteiger partial charge in [0.15, 0.2) is 5.82 Å². The summed E-state index contributed by atoms with van der Waals surface area (Å²) in [6.07, 6.45) is -3.19. The Hall–Kier alpha value is -2.65. The lowest BCUT2D eigenvalue weighted by Gasteiger charge is -2.25. The van der Waals surface area contributed by atoms with Gasteiger partial charge in [-0.2, -0.15) is 13.2 Å². The normalized spacial score (nSPS) is 17.4. The summed E-state index contributed by atoms with van der Waals surface area (Å²) in [6.45, 7) is 0.206. The molecule has 3 heterocycles. The highest BCUT2D eigenvalue weighted by Crippen LogP contribution is 2.34. The van der Waals surface area contributed by atoms with Gasteiger partial charge in [-0.15, -0.1) is 10.2 Å². The summed E-state index contributed by atoms with van der Waals surface area (Å²) in [5.74, 6) is -1.15. The van der Waals surface area contributed by atoms with Crippen LogP contribution in [-0.2, 0) is 19.5 Å². The highest BCUT2D eigenvalue weighted by Gasteiger charge is 2.42.